The molecule has 48 heavy (non-hydrogen) atoms. The van der Waals surface area contributed by atoms with Crippen LogP contribution in [0.4, 0.5) is 9.18 Å². The maximum Gasteiger partial charge on any atom is 0.327 e. The van der Waals surface area contributed by atoms with Gasteiger partial charge in [0, 0.05) is 50.2 Å². The minimum Gasteiger partial charge on any atom is -0.481 e. The fourth-order valence-corrected chi connectivity index (χ4v) is 5.67. The van der Waals surface area contributed by atoms with Gasteiger partial charge in [-0.15, -0.1) is 11.8 Å². The van der Waals surface area contributed by atoms with E-state index >= 15 is 0 Å². The Morgan fingerprint density at radius 1 is 0.833 bits per heavy atom. The first-order chi connectivity index (χ1) is 22.8. The van der Waals surface area contributed by atoms with Gasteiger partial charge < -0.3 is 36.6 Å². The van der Waals surface area contributed by atoms with Crippen molar-refractivity contribution in [2.75, 3.05) is 25.4 Å². The number of nitrogens with zero attached hydrogens (tertiary/aromatic N) is 1. The maximum absolute atomic E-state index is 12.9. The van der Waals surface area contributed by atoms with Gasteiger partial charge in [-0.3, -0.25) is 28.9 Å². The Morgan fingerprint density at radius 2 is 1.46 bits per heavy atom. The number of carboxylic acids is 3. The normalized spacial score (nSPS) is 15.4. The number of imide groups is 1. The van der Waals surface area contributed by atoms with Crippen LogP contribution in [0.5, 0.6) is 0 Å². The zero-order valence-electron chi connectivity index (χ0n) is 26.1. The quantitative estimate of drug-likeness (QED) is 0.0661. The van der Waals surface area contributed by atoms with Gasteiger partial charge in [0.1, 0.15) is 17.9 Å². The van der Waals surface area contributed by atoms with E-state index in [9.17, 15) is 47.9 Å². The lowest BCUT2D eigenvalue weighted by Crippen LogP contribution is -2.52. The summed E-state index contributed by atoms with van der Waals surface area (Å²) in [7, 11) is 0. The highest BCUT2D eigenvalue weighted by Crippen LogP contribution is 2.26. The number of aliphatic carboxylic acids is 3. The molecular formula is C30H40FN5O11S. The summed E-state index contributed by atoms with van der Waals surface area (Å²) in [4.78, 5) is 96.1. The van der Waals surface area contributed by atoms with Gasteiger partial charge in [0.15, 0.2) is 0 Å². The number of unbranched alkanes of at least 4 members (excludes halogenated alkanes) is 3. The van der Waals surface area contributed by atoms with E-state index in [-0.39, 0.29) is 37.0 Å². The van der Waals surface area contributed by atoms with Crippen LogP contribution in [0.25, 0.3) is 0 Å². The first-order valence-corrected chi connectivity index (χ1v) is 16.3. The highest BCUT2D eigenvalue weighted by Gasteiger charge is 2.39. The minimum atomic E-state index is -1.56. The maximum atomic E-state index is 12.9. The van der Waals surface area contributed by atoms with Crippen LogP contribution in [0.15, 0.2) is 24.3 Å². The van der Waals surface area contributed by atoms with Gasteiger partial charge in [-0.2, -0.15) is 0 Å². The van der Waals surface area contributed by atoms with Crippen LogP contribution in [-0.2, 0) is 28.8 Å². The molecule has 1 unspecified atom stereocenters. The molecule has 6 amide bonds. The number of carbonyl (C=O) groups is 8. The van der Waals surface area contributed by atoms with Crippen molar-refractivity contribution in [1.29, 1.82) is 0 Å². The summed E-state index contributed by atoms with van der Waals surface area (Å²) in [5.41, 5.74) is 0.347. The van der Waals surface area contributed by atoms with E-state index < -0.39 is 71.7 Å². The summed E-state index contributed by atoms with van der Waals surface area (Å²) in [6.45, 7) is 0.935. The fraction of sp³-hybridized carbons (Fsp3) is 0.533. The van der Waals surface area contributed by atoms with Gasteiger partial charge in [-0.05, 0) is 62.8 Å². The number of urea groups is 1. The molecule has 0 saturated carbocycles. The third-order valence-corrected chi connectivity index (χ3v) is 8.42. The van der Waals surface area contributed by atoms with Gasteiger partial charge in [-0.1, -0.05) is 0 Å². The van der Waals surface area contributed by atoms with E-state index in [1.165, 1.54) is 24.3 Å². The molecule has 1 aliphatic rings. The highest BCUT2D eigenvalue weighted by atomic mass is 32.2. The van der Waals surface area contributed by atoms with E-state index in [0.717, 1.165) is 16.7 Å². The van der Waals surface area contributed by atoms with E-state index in [4.69, 9.17) is 10.2 Å². The van der Waals surface area contributed by atoms with Crippen LogP contribution in [0.2, 0.25) is 0 Å². The van der Waals surface area contributed by atoms with Crippen LogP contribution in [0.3, 0.4) is 0 Å². The highest BCUT2D eigenvalue weighted by molar-refractivity contribution is 8.00. The molecule has 16 nitrogen and oxygen atoms in total. The molecule has 0 spiro atoms. The van der Waals surface area contributed by atoms with Crippen LogP contribution < -0.4 is 21.3 Å². The Balaban J connectivity index is 1.61. The molecule has 264 valence electrons. The van der Waals surface area contributed by atoms with E-state index in [0.29, 0.717) is 50.8 Å². The van der Waals surface area contributed by atoms with Crippen molar-refractivity contribution < 1.29 is 58.1 Å². The third kappa shape index (κ3) is 14.4. The molecule has 0 bridgehead atoms. The molecule has 0 aliphatic carbocycles. The van der Waals surface area contributed by atoms with Crippen LogP contribution >= 0.6 is 11.8 Å². The number of thioether (sulfide) groups is 1. The third-order valence-electron chi connectivity index (χ3n) is 7.12. The van der Waals surface area contributed by atoms with Gasteiger partial charge in [0.25, 0.3) is 5.91 Å². The van der Waals surface area contributed by atoms with Gasteiger partial charge >= 0.3 is 23.9 Å². The predicted octanol–water partition coefficient (Wildman–Crippen LogP) is 0.943. The Labute approximate surface area is 279 Å². The van der Waals surface area contributed by atoms with Gasteiger partial charge in [-0.25, -0.2) is 18.8 Å². The Bertz CT molecular complexity index is 1330. The lowest BCUT2D eigenvalue weighted by Gasteiger charge is -2.19. The molecule has 3 atom stereocenters. The number of rotatable bonds is 22. The van der Waals surface area contributed by atoms with E-state index in [2.05, 4.69) is 16.0 Å². The number of benzene rings is 1. The molecule has 1 saturated heterocycles. The smallest absolute Gasteiger partial charge is 0.327 e. The Hall–Kier alpha value is -4.74. The monoisotopic (exact) mass is 697 g/mol. The molecule has 0 radical (unpaired) electrons. The summed E-state index contributed by atoms with van der Waals surface area (Å²) in [5.74, 6) is -6.31. The summed E-state index contributed by atoms with van der Waals surface area (Å²) >= 11 is 0.868. The molecule has 0 aromatic heterocycles. The van der Waals surface area contributed by atoms with Crippen molar-refractivity contribution >= 4 is 59.3 Å². The number of carbonyl (C=O) groups excluding carboxylic acids is 5. The van der Waals surface area contributed by atoms with Crippen LogP contribution in [0.1, 0.15) is 68.1 Å². The van der Waals surface area contributed by atoms with Crippen molar-refractivity contribution in [2.24, 2.45) is 0 Å². The van der Waals surface area contributed by atoms with Gasteiger partial charge in [0.05, 0.1) is 5.25 Å². The summed E-state index contributed by atoms with van der Waals surface area (Å²) < 4.78 is 12.9. The Kier molecular flexibility index (Phi) is 16.8. The minimum absolute atomic E-state index is 0.142. The molecule has 18 heteroatoms. The molecule has 1 fully saturated rings. The first-order valence-electron chi connectivity index (χ1n) is 15.3. The first kappa shape index (κ1) is 39.4. The summed E-state index contributed by atoms with van der Waals surface area (Å²) in [6, 6.07) is 0.954. The van der Waals surface area contributed by atoms with Crippen LogP contribution in [0, 0.1) is 5.82 Å². The number of hydrogen-bond acceptors (Lipinski definition) is 9. The second-order valence-corrected chi connectivity index (χ2v) is 12.1. The van der Waals surface area contributed by atoms with Crippen molar-refractivity contribution in [3.05, 3.63) is 35.6 Å². The zero-order valence-corrected chi connectivity index (χ0v) is 26.9. The molecule has 1 aliphatic heterocycles. The molecule has 1 heterocycles. The molecule has 7 N–H and O–H groups in total. The van der Waals surface area contributed by atoms with Gasteiger partial charge in [0.2, 0.25) is 17.7 Å². The molecule has 2 rings (SSSR count). The zero-order chi connectivity index (χ0) is 35.6. The van der Waals surface area contributed by atoms with Crippen molar-refractivity contribution in [3.63, 3.8) is 0 Å². The topological polar surface area (TPSA) is 249 Å². The molecule has 1 aromatic carbocycles. The number of carboxylic acid groups (broad SMARTS) is 3. The average molecular weight is 698 g/mol. The Morgan fingerprint density at radius 3 is 2.10 bits per heavy atom. The fourth-order valence-electron chi connectivity index (χ4n) is 4.49. The number of amides is 6. The van der Waals surface area contributed by atoms with E-state index in [1.54, 1.807) is 0 Å². The van der Waals surface area contributed by atoms with Crippen molar-refractivity contribution in [2.45, 2.75) is 75.1 Å². The van der Waals surface area contributed by atoms with Crippen LogP contribution in [-0.4, -0.2) is 111 Å². The average Bonchev–Trinajstić information content (AvgIpc) is 3.29. The SMILES string of the molecule is O=C(O)CC[C@H](NC(=O)N[C@@H](CSC1CC(=O)N(CCCCCNC(=O)CCCCNC(=O)c2ccc(F)cc2)C1=O)C(=O)O)C(=O)O. The summed E-state index contributed by atoms with van der Waals surface area (Å²) in [5, 5.41) is 36.1. The second kappa shape index (κ2) is 20.5. The lowest BCUT2D eigenvalue weighted by atomic mass is 10.1. The number of halogens is 1. The van der Waals surface area contributed by atoms with Crippen molar-refractivity contribution in [3.8, 4) is 0 Å². The molecular weight excluding hydrogens is 657 g/mol. The largest absolute Gasteiger partial charge is 0.481 e. The number of nitrogens with one attached hydrogen (secondary N) is 4. The predicted molar refractivity (Wildman–Crippen MR) is 168 cm³/mol. The second-order valence-electron chi connectivity index (χ2n) is 10.9. The standard InChI is InChI=1S/C30H40FN5O11S/c31-19-9-7-18(8-10-19)26(41)33-14-4-2-6-23(37)32-13-3-1-5-15-36-24(38)16-22(27(36)42)48-17-21(29(45)46)35-30(47)34-20(28(43)44)11-12-25(39)40/h7-10,20-22H,1-6,11-17H2,(H,32,37)(H,33,41)(H,39,40)(H,43,44)(H,45,46)(H2,34,35,47)/t20-,21-,22?/m0/s1. The number of likely N-dealkylation sites (tertiary alicyclic amines) is 1. The van der Waals surface area contributed by atoms with E-state index in [1.807, 2.05) is 5.32 Å². The van der Waals surface area contributed by atoms with Crippen molar-refractivity contribution in [1.82, 2.24) is 26.2 Å². The number of hydrogen-bond donors (Lipinski definition) is 7. The summed E-state index contributed by atoms with van der Waals surface area (Å²) in [6.07, 6.45) is 2.05. The lowest BCUT2D eigenvalue weighted by molar-refractivity contribution is -0.141. The molecule has 1 aromatic rings.